The van der Waals surface area contributed by atoms with Crippen LogP contribution in [-0.2, 0) is 18.9 Å². The van der Waals surface area contributed by atoms with Crippen LogP contribution in [-0.4, -0.2) is 21.0 Å². The molecule has 0 radical (unpaired) electrons. The van der Waals surface area contributed by atoms with E-state index in [0.717, 1.165) is 12.1 Å². The van der Waals surface area contributed by atoms with Crippen LogP contribution < -0.4 is 5.32 Å². The van der Waals surface area contributed by atoms with Gasteiger partial charge in [0.1, 0.15) is 11.4 Å². The zero-order valence-corrected chi connectivity index (χ0v) is 12.4. The Hall–Kier alpha value is -2.92. The van der Waals surface area contributed by atoms with Crippen LogP contribution in [0.15, 0.2) is 24.4 Å². The highest BCUT2D eigenvalue weighted by atomic mass is 19.4. The molecule has 12 heteroatoms. The minimum atomic E-state index is -5.10. The van der Waals surface area contributed by atoms with Gasteiger partial charge in [-0.3, -0.25) is 0 Å². The van der Waals surface area contributed by atoms with Crippen molar-refractivity contribution in [2.24, 2.45) is 0 Å². The summed E-state index contributed by atoms with van der Waals surface area (Å²) in [5.74, 6) is -4.22. The van der Waals surface area contributed by atoms with Gasteiger partial charge in [-0.2, -0.15) is 26.3 Å². The topological polar surface area (TPSA) is 75.1 Å². The molecular weight excluding hydrogens is 375 g/mol. The Bertz CT molecular complexity index is 834. The minimum Gasteiger partial charge on any atom is -0.478 e. The van der Waals surface area contributed by atoms with Gasteiger partial charge in [0.05, 0.1) is 5.56 Å². The van der Waals surface area contributed by atoms with Gasteiger partial charge in [0, 0.05) is 18.3 Å². The number of alkyl halides is 6. The second-order valence-electron chi connectivity index (χ2n) is 4.89. The number of anilines is 1. The van der Waals surface area contributed by atoms with Crippen molar-refractivity contribution in [2.75, 3.05) is 5.32 Å². The number of carboxylic acid groups (broad SMARTS) is 1. The molecule has 140 valence electrons. The quantitative estimate of drug-likeness (QED) is 0.782. The zero-order valence-electron chi connectivity index (χ0n) is 12.4. The molecule has 0 saturated carbocycles. The predicted octanol–water partition coefficient (Wildman–Crippen LogP) is 3.96. The summed E-state index contributed by atoms with van der Waals surface area (Å²) in [6, 6.07) is 2.44. The van der Waals surface area contributed by atoms with Gasteiger partial charge in [0.2, 0.25) is 5.95 Å². The number of aromatic carboxylic acids is 1. The first-order valence-corrected chi connectivity index (χ1v) is 6.67. The average molecular weight is 383 g/mol. The first kappa shape index (κ1) is 19.4. The lowest BCUT2D eigenvalue weighted by Gasteiger charge is -2.13. The molecule has 1 heterocycles. The highest BCUT2D eigenvalue weighted by molar-refractivity contribution is 5.88. The lowest BCUT2D eigenvalue weighted by molar-refractivity contribution is -0.142. The average Bonchev–Trinajstić information content (AvgIpc) is 2.51. The minimum absolute atomic E-state index is 0.392. The Kier molecular flexibility index (Phi) is 5.05. The lowest BCUT2D eigenvalue weighted by Crippen LogP contribution is -2.18. The molecule has 0 aliphatic carbocycles. The molecule has 2 N–H and O–H groups in total. The summed E-state index contributed by atoms with van der Waals surface area (Å²) < 4.78 is 90.2. The maximum Gasteiger partial charge on any atom is 0.434 e. The SMILES string of the molecule is O=C(O)c1cnc(NCc2cccc(C(F)(F)F)c2F)nc1C(F)(F)F. The Morgan fingerprint density at radius 2 is 1.77 bits per heavy atom. The molecule has 0 aliphatic rings. The van der Waals surface area contributed by atoms with Crippen molar-refractivity contribution < 1.29 is 40.6 Å². The van der Waals surface area contributed by atoms with Gasteiger partial charge < -0.3 is 10.4 Å². The molecule has 0 atom stereocenters. The molecular formula is C14H8F7N3O2. The largest absolute Gasteiger partial charge is 0.478 e. The Balaban J connectivity index is 2.30. The van der Waals surface area contributed by atoms with Crippen LogP contribution in [0.3, 0.4) is 0 Å². The number of carboxylic acids is 1. The van der Waals surface area contributed by atoms with Crippen LogP contribution in [0.25, 0.3) is 0 Å². The van der Waals surface area contributed by atoms with E-state index in [4.69, 9.17) is 5.11 Å². The number of benzene rings is 1. The molecule has 0 amide bonds. The molecule has 0 bridgehead atoms. The van der Waals surface area contributed by atoms with Gasteiger partial charge in [-0.1, -0.05) is 12.1 Å². The third-order valence-electron chi connectivity index (χ3n) is 3.11. The van der Waals surface area contributed by atoms with E-state index in [-0.39, 0.29) is 0 Å². The van der Waals surface area contributed by atoms with Crippen LogP contribution in [0.4, 0.5) is 36.7 Å². The number of aromatic nitrogens is 2. The molecule has 2 aromatic rings. The standard InChI is InChI=1S/C14H8F7N3O2/c15-9-6(2-1-3-8(9)13(16,17)18)4-22-12-23-5-7(11(25)26)10(24-12)14(19,20)21/h1-3,5H,4H2,(H,25,26)(H,22,23,24). The number of nitrogens with zero attached hydrogens (tertiary/aromatic N) is 2. The highest BCUT2D eigenvalue weighted by Crippen LogP contribution is 2.33. The van der Waals surface area contributed by atoms with E-state index in [1.165, 1.54) is 0 Å². The van der Waals surface area contributed by atoms with Crippen LogP contribution in [0.5, 0.6) is 0 Å². The number of carbonyl (C=O) groups is 1. The van der Waals surface area contributed by atoms with Gasteiger partial charge in [-0.05, 0) is 6.07 Å². The normalized spacial score (nSPS) is 12.1. The van der Waals surface area contributed by atoms with Crippen molar-refractivity contribution in [3.05, 3.63) is 52.6 Å². The number of hydrogen-bond donors (Lipinski definition) is 2. The molecule has 0 unspecified atom stereocenters. The number of nitrogens with one attached hydrogen (secondary N) is 1. The fourth-order valence-corrected chi connectivity index (χ4v) is 1.95. The van der Waals surface area contributed by atoms with Gasteiger partial charge in [0.15, 0.2) is 5.69 Å². The van der Waals surface area contributed by atoms with E-state index in [1.54, 1.807) is 0 Å². The summed E-state index contributed by atoms with van der Waals surface area (Å²) in [4.78, 5) is 17.1. The summed E-state index contributed by atoms with van der Waals surface area (Å²) >= 11 is 0. The second-order valence-corrected chi connectivity index (χ2v) is 4.89. The van der Waals surface area contributed by atoms with E-state index in [2.05, 4.69) is 15.3 Å². The van der Waals surface area contributed by atoms with Crippen molar-refractivity contribution in [3.8, 4) is 0 Å². The van der Waals surface area contributed by atoms with Crippen molar-refractivity contribution in [3.63, 3.8) is 0 Å². The maximum atomic E-state index is 13.9. The predicted molar refractivity (Wildman–Crippen MR) is 72.7 cm³/mol. The van der Waals surface area contributed by atoms with Gasteiger partial charge in [-0.15, -0.1) is 0 Å². The molecule has 0 spiro atoms. The Morgan fingerprint density at radius 3 is 2.31 bits per heavy atom. The van der Waals surface area contributed by atoms with E-state index < -0.39 is 59.0 Å². The van der Waals surface area contributed by atoms with Crippen molar-refractivity contribution in [1.82, 2.24) is 9.97 Å². The number of hydrogen-bond acceptors (Lipinski definition) is 4. The molecule has 0 fully saturated rings. The van der Waals surface area contributed by atoms with Crippen molar-refractivity contribution in [1.29, 1.82) is 0 Å². The third-order valence-corrected chi connectivity index (χ3v) is 3.11. The highest BCUT2D eigenvalue weighted by Gasteiger charge is 2.38. The summed E-state index contributed by atoms with van der Waals surface area (Å²) in [6.45, 7) is -0.653. The van der Waals surface area contributed by atoms with E-state index in [0.29, 0.717) is 12.3 Å². The first-order chi connectivity index (χ1) is 11.9. The smallest absolute Gasteiger partial charge is 0.434 e. The Labute approximate surface area is 140 Å². The molecule has 0 saturated heterocycles. The summed E-state index contributed by atoms with van der Waals surface area (Å²) in [5, 5.41) is 10.9. The van der Waals surface area contributed by atoms with Crippen LogP contribution >= 0.6 is 0 Å². The van der Waals surface area contributed by atoms with Crippen molar-refractivity contribution in [2.45, 2.75) is 18.9 Å². The molecule has 1 aromatic carbocycles. The van der Waals surface area contributed by atoms with Crippen LogP contribution in [0.1, 0.15) is 27.2 Å². The summed E-state index contributed by atoms with van der Waals surface area (Å²) in [6.07, 6.45) is -9.65. The first-order valence-electron chi connectivity index (χ1n) is 6.67. The van der Waals surface area contributed by atoms with E-state index >= 15 is 0 Å². The van der Waals surface area contributed by atoms with Gasteiger partial charge in [0.25, 0.3) is 0 Å². The molecule has 0 aliphatic heterocycles. The second kappa shape index (κ2) is 6.77. The van der Waals surface area contributed by atoms with Crippen LogP contribution in [0.2, 0.25) is 0 Å². The maximum absolute atomic E-state index is 13.9. The van der Waals surface area contributed by atoms with E-state index in [1.807, 2.05) is 0 Å². The third kappa shape index (κ3) is 4.18. The van der Waals surface area contributed by atoms with E-state index in [9.17, 15) is 35.5 Å². The monoisotopic (exact) mass is 383 g/mol. The fourth-order valence-electron chi connectivity index (χ4n) is 1.95. The van der Waals surface area contributed by atoms with Crippen LogP contribution in [0, 0.1) is 5.82 Å². The summed E-state index contributed by atoms with van der Waals surface area (Å²) in [7, 11) is 0. The lowest BCUT2D eigenvalue weighted by atomic mass is 10.1. The molecule has 1 aromatic heterocycles. The zero-order chi connectivity index (χ0) is 19.7. The van der Waals surface area contributed by atoms with Crippen molar-refractivity contribution >= 4 is 11.9 Å². The number of rotatable bonds is 4. The fraction of sp³-hybridized carbons (Fsp3) is 0.214. The summed E-state index contributed by atoms with van der Waals surface area (Å²) in [5.41, 5.74) is -4.96. The molecule has 2 rings (SSSR count). The van der Waals surface area contributed by atoms with Gasteiger partial charge in [-0.25, -0.2) is 19.2 Å². The molecule has 26 heavy (non-hydrogen) atoms. The van der Waals surface area contributed by atoms with Gasteiger partial charge >= 0.3 is 18.3 Å². The number of halogens is 7. The Morgan fingerprint density at radius 1 is 1.12 bits per heavy atom. The molecule has 5 nitrogen and oxygen atoms in total.